The Kier molecular flexibility index (Phi) is 6.98. The molecule has 0 spiro atoms. The summed E-state index contributed by atoms with van der Waals surface area (Å²) >= 11 is 6.71. The molecule has 0 aliphatic carbocycles. The molecule has 2 aromatic rings. The van der Waals surface area contributed by atoms with Gasteiger partial charge in [0.05, 0.1) is 29.7 Å². The Labute approximate surface area is 187 Å². The summed E-state index contributed by atoms with van der Waals surface area (Å²) in [5.41, 5.74) is 1.07. The lowest BCUT2D eigenvalue weighted by Gasteiger charge is -2.13. The number of halogens is 1. The van der Waals surface area contributed by atoms with Crippen LogP contribution in [-0.2, 0) is 14.3 Å². The van der Waals surface area contributed by atoms with Crippen molar-refractivity contribution in [2.45, 2.75) is 0 Å². The number of nitrogens with one attached hydrogen (secondary N) is 1. The van der Waals surface area contributed by atoms with Crippen LogP contribution in [0.3, 0.4) is 0 Å². The van der Waals surface area contributed by atoms with Crippen molar-refractivity contribution in [3.63, 3.8) is 0 Å². The number of benzene rings is 2. The van der Waals surface area contributed by atoms with Gasteiger partial charge in [-0.25, -0.2) is 4.79 Å². The highest BCUT2D eigenvalue weighted by Gasteiger charge is 2.36. The summed E-state index contributed by atoms with van der Waals surface area (Å²) in [4.78, 5) is 50.0. The fourth-order valence-corrected chi connectivity index (χ4v) is 3.73. The maximum absolute atomic E-state index is 12.6. The summed E-state index contributed by atoms with van der Waals surface area (Å²) in [5.74, 6) is -1.16. The molecule has 1 saturated heterocycles. The first-order valence-corrected chi connectivity index (χ1v) is 10.1. The Bertz CT molecular complexity index is 1080. The largest absolute Gasteiger partial charge is 0.497 e. The smallest absolute Gasteiger partial charge is 0.339 e. The van der Waals surface area contributed by atoms with Crippen LogP contribution in [0.2, 0.25) is 5.02 Å². The number of anilines is 1. The second kappa shape index (κ2) is 9.67. The standard InChI is InChI=1S/C21H17ClN2O6S/c1-29-14-6-3-12(4-7-14)9-17-19(26)24(21(28)31-17)11-18(25)23-13-5-8-16(22)15(10-13)20(27)30-2/h3-10H,11H2,1-2H3,(H,23,25)/b17-9+. The zero-order chi connectivity index (χ0) is 22.5. The molecular weight excluding hydrogens is 444 g/mol. The molecule has 0 saturated carbocycles. The van der Waals surface area contributed by atoms with Crippen LogP contribution in [0, 0.1) is 0 Å². The number of rotatable bonds is 6. The van der Waals surface area contributed by atoms with E-state index in [0.29, 0.717) is 11.3 Å². The van der Waals surface area contributed by atoms with E-state index in [1.165, 1.54) is 25.3 Å². The number of nitrogens with zero attached hydrogens (tertiary/aromatic N) is 1. The van der Waals surface area contributed by atoms with E-state index in [4.69, 9.17) is 16.3 Å². The molecule has 3 amide bonds. The van der Waals surface area contributed by atoms with E-state index in [-0.39, 0.29) is 21.2 Å². The maximum Gasteiger partial charge on any atom is 0.339 e. The Morgan fingerprint density at radius 2 is 1.84 bits per heavy atom. The van der Waals surface area contributed by atoms with Gasteiger partial charge in [-0.3, -0.25) is 19.3 Å². The highest BCUT2D eigenvalue weighted by molar-refractivity contribution is 8.18. The van der Waals surface area contributed by atoms with E-state index in [1.54, 1.807) is 37.5 Å². The number of esters is 1. The van der Waals surface area contributed by atoms with Crippen LogP contribution in [0.25, 0.3) is 6.08 Å². The van der Waals surface area contributed by atoms with Crippen molar-refractivity contribution < 1.29 is 28.7 Å². The number of carbonyl (C=O) groups is 4. The summed E-state index contributed by atoms with van der Waals surface area (Å²) in [7, 11) is 2.76. The molecule has 31 heavy (non-hydrogen) atoms. The Hall–Kier alpha value is -3.30. The molecule has 0 radical (unpaired) electrons. The number of hydrogen-bond acceptors (Lipinski definition) is 7. The van der Waals surface area contributed by atoms with E-state index in [0.717, 1.165) is 16.7 Å². The van der Waals surface area contributed by atoms with Crippen molar-refractivity contribution in [3.8, 4) is 5.75 Å². The lowest BCUT2D eigenvalue weighted by Crippen LogP contribution is -2.36. The quantitative estimate of drug-likeness (QED) is 0.516. The van der Waals surface area contributed by atoms with Gasteiger partial charge in [0, 0.05) is 5.69 Å². The predicted octanol–water partition coefficient (Wildman–Crippen LogP) is 3.81. The molecule has 1 heterocycles. The maximum atomic E-state index is 12.6. The fourth-order valence-electron chi connectivity index (χ4n) is 2.70. The van der Waals surface area contributed by atoms with Gasteiger partial charge in [0.15, 0.2) is 0 Å². The van der Waals surface area contributed by atoms with Gasteiger partial charge in [-0.1, -0.05) is 23.7 Å². The molecule has 1 fully saturated rings. The minimum absolute atomic E-state index is 0.0792. The highest BCUT2D eigenvalue weighted by atomic mass is 35.5. The molecule has 1 N–H and O–H groups in total. The summed E-state index contributed by atoms with van der Waals surface area (Å²) in [6.45, 7) is -0.471. The monoisotopic (exact) mass is 460 g/mol. The zero-order valence-corrected chi connectivity index (χ0v) is 18.1. The second-order valence-corrected chi connectivity index (χ2v) is 7.68. The normalized spacial score (nSPS) is 14.7. The van der Waals surface area contributed by atoms with Crippen molar-refractivity contribution >= 4 is 58.1 Å². The average Bonchev–Trinajstić information content (AvgIpc) is 3.02. The second-order valence-electron chi connectivity index (χ2n) is 6.28. The van der Waals surface area contributed by atoms with Crippen molar-refractivity contribution in [2.24, 2.45) is 0 Å². The van der Waals surface area contributed by atoms with E-state index in [2.05, 4.69) is 10.1 Å². The molecule has 1 aliphatic heterocycles. The molecule has 3 rings (SSSR count). The minimum Gasteiger partial charge on any atom is -0.497 e. The Balaban J connectivity index is 1.69. The number of thioether (sulfide) groups is 1. The van der Waals surface area contributed by atoms with Crippen molar-refractivity contribution in [2.75, 3.05) is 26.1 Å². The summed E-state index contributed by atoms with van der Waals surface area (Å²) in [6, 6.07) is 11.2. The third-order valence-corrected chi connectivity index (χ3v) is 5.48. The van der Waals surface area contributed by atoms with E-state index < -0.39 is 29.6 Å². The molecule has 8 nitrogen and oxygen atoms in total. The Morgan fingerprint density at radius 1 is 1.13 bits per heavy atom. The molecule has 160 valence electrons. The Morgan fingerprint density at radius 3 is 2.48 bits per heavy atom. The van der Waals surface area contributed by atoms with E-state index >= 15 is 0 Å². The first-order valence-electron chi connectivity index (χ1n) is 8.89. The molecule has 2 aromatic carbocycles. The molecule has 1 aliphatic rings. The van der Waals surface area contributed by atoms with Crippen LogP contribution >= 0.6 is 23.4 Å². The van der Waals surface area contributed by atoms with Gasteiger partial charge in [-0.2, -0.15) is 0 Å². The minimum atomic E-state index is -0.657. The van der Waals surface area contributed by atoms with E-state index in [9.17, 15) is 19.2 Å². The number of imide groups is 1. The zero-order valence-electron chi connectivity index (χ0n) is 16.5. The number of carbonyl (C=O) groups excluding carboxylic acids is 4. The van der Waals surface area contributed by atoms with Gasteiger partial charge in [0.2, 0.25) is 5.91 Å². The molecule has 0 unspecified atom stereocenters. The van der Waals surface area contributed by atoms with Crippen molar-refractivity contribution in [1.82, 2.24) is 4.90 Å². The van der Waals surface area contributed by atoms with Gasteiger partial charge in [-0.05, 0) is 53.7 Å². The molecule has 0 aromatic heterocycles. The van der Waals surface area contributed by atoms with Gasteiger partial charge < -0.3 is 14.8 Å². The van der Waals surface area contributed by atoms with E-state index in [1.807, 2.05) is 0 Å². The van der Waals surface area contributed by atoms with Crippen molar-refractivity contribution in [1.29, 1.82) is 0 Å². The van der Waals surface area contributed by atoms with Crippen molar-refractivity contribution in [3.05, 3.63) is 63.5 Å². The van der Waals surface area contributed by atoms with Crippen LogP contribution in [0.4, 0.5) is 10.5 Å². The summed E-state index contributed by atoms with van der Waals surface area (Å²) in [6.07, 6.45) is 1.57. The predicted molar refractivity (Wildman–Crippen MR) is 117 cm³/mol. The summed E-state index contributed by atoms with van der Waals surface area (Å²) in [5, 5.41) is 2.16. The van der Waals surface area contributed by atoms with Gasteiger partial charge >= 0.3 is 5.97 Å². The number of amides is 3. The molecule has 10 heteroatoms. The third kappa shape index (κ3) is 5.25. The van der Waals surface area contributed by atoms with Crippen LogP contribution in [-0.4, -0.2) is 48.7 Å². The fraction of sp³-hybridized carbons (Fsp3) is 0.143. The van der Waals surface area contributed by atoms with Gasteiger partial charge in [0.1, 0.15) is 12.3 Å². The number of ether oxygens (including phenoxy) is 2. The first kappa shape index (κ1) is 22.4. The molecule has 0 bridgehead atoms. The van der Waals surface area contributed by atoms with Crippen LogP contribution in [0.5, 0.6) is 5.75 Å². The first-order chi connectivity index (χ1) is 14.8. The SMILES string of the molecule is COC(=O)c1cc(NC(=O)CN2C(=O)S/C(=C/c3ccc(OC)cc3)C2=O)ccc1Cl. The number of hydrogen-bond donors (Lipinski definition) is 1. The van der Waals surface area contributed by atoms with Gasteiger partial charge in [0.25, 0.3) is 11.1 Å². The topological polar surface area (TPSA) is 102 Å². The lowest BCUT2D eigenvalue weighted by atomic mass is 10.2. The van der Waals surface area contributed by atoms with Crippen LogP contribution in [0.15, 0.2) is 47.4 Å². The lowest BCUT2D eigenvalue weighted by molar-refractivity contribution is -0.127. The van der Waals surface area contributed by atoms with Crippen LogP contribution < -0.4 is 10.1 Å². The summed E-state index contributed by atoms with van der Waals surface area (Å²) < 4.78 is 9.72. The molecular formula is C21H17ClN2O6S. The molecule has 0 atom stereocenters. The van der Waals surface area contributed by atoms with Crippen LogP contribution in [0.1, 0.15) is 15.9 Å². The average molecular weight is 461 g/mol. The highest BCUT2D eigenvalue weighted by Crippen LogP contribution is 2.32. The third-order valence-electron chi connectivity index (χ3n) is 4.24. The number of methoxy groups -OCH3 is 2. The van der Waals surface area contributed by atoms with Gasteiger partial charge in [-0.15, -0.1) is 0 Å².